The molecular formula is C28H30ClN3O6S. The molecule has 0 bridgehead atoms. The Hall–Kier alpha value is -3.76. The summed E-state index contributed by atoms with van der Waals surface area (Å²) in [6.07, 6.45) is 1.26. The number of anilines is 1. The van der Waals surface area contributed by atoms with Crippen molar-refractivity contribution in [2.45, 2.75) is 19.0 Å². The monoisotopic (exact) mass is 571 g/mol. The minimum Gasteiger partial charge on any atom is -0.486 e. The highest BCUT2D eigenvalue weighted by Crippen LogP contribution is 2.34. The Morgan fingerprint density at radius 1 is 0.949 bits per heavy atom. The van der Waals surface area contributed by atoms with Crippen molar-refractivity contribution in [3.05, 3.63) is 88.9 Å². The van der Waals surface area contributed by atoms with E-state index in [2.05, 4.69) is 5.32 Å². The molecule has 1 N–H and O–H groups in total. The maximum atomic E-state index is 14.0. The van der Waals surface area contributed by atoms with Crippen molar-refractivity contribution in [3.8, 4) is 11.5 Å². The van der Waals surface area contributed by atoms with Gasteiger partial charge in [-0.25, -0.2) is 8.42 Å². The Morgan fingerprint density at radius 2 is 1.64 bits per heavy atom. The van der Waals surface area contributed by atoms with Crippen molar-refractivity contribution in [2.24, 2.45) is 0 Å². The molecule has 39 heavy (non-hydrogen) atoms. The van der Waals surface area contributed by atoms with Gasteiger partial charge in [-0.1, -0.05) is 54.1 Å². The van der Waals surface area contributed by atoms with Crippen LogP contribution in [0, 0.1) is 0 Å². The van der Waals surface area contributed by atoms with Crippen LogP contribution in [-0.4, -0.2) is 64.2 Å². The van der Waals surface area contributed by atoms with E-state index in [1.807, 2.05) is 30.3 Å². The number of carbonyl (C=O) groups is 2. The smallest absolute Gasteiger partial charge is 0.244 e. The van der Waals surface area contributed by atoms with Crippen LogP contribution in [-0.2, 0) is 32.6 Å². The van der Waals surface area contributed by atoms with Crippen molar-refractivity contribution in [2.75, 3.05) is 37.4 Å². The van der Waals surface area contributed by atoms with E-state index in [-0.39, 0.29) is 24.6 Å². The summed E-state index contributed by atoms with van der Waals surface area (Å²) < 4.78 is 38.0. The molecule has 11 heteroatoms. The topological polar surface area (TPSA) is 105 Å². The molecule has 0 spiro atoms. The number of rotatable bonds is 10. The number of ether oxygens (including phenoxy) is 2. The summed E-state index contributed by atoms with van der Waals surface area (Å²) >= 11 is 6.20. The lowest BCUT2D eigenvalue weighted by molar-refractivity contribution is -0.139. The molecule has 0 saturated heterocycles. The van der Waals surface area contributed by atoms with Crippen LogP contribution in [0.25, 0.3) is 0 Å². The zero-order valence-electron chi connectivity index (χ0n) is 21.7. The van der Waals surface area contributed by atoms with Crippen molar-refractivity contribution in [1.29, 1.82) is 0 Å². The first-order valence-corrected chi connectivity index (χ1v) is 14.5. The molecule has 4 rings (SSSR count). The summed E-state index contributed by atoms with van der Waals surface area (Å²) in [5, 5.41) is 3.13. The Balaban J connectivity index is 1.71. The fourth-order valence-corrected chi connectivity index (χ4v) is 5.41. The maximum Gasteiger partial charge on any atom is 0.244 e. The number of hydrogen-bond donors (Lipinski definition) is 1. The summed E-state index contributed by atoms with van der Waals surface area (Å²) in [5.74, 6) is -0.0443. The highest BCUT2D eigenvalue weighted by atomic mass is 35.5. The number of amides is 2. The van der Waals surface area contributed by atoms with E-state index < -0.39 is 28.5 Å². The van der Waals surface area contributed by atoms with Crippen LogP contribution >= 0.6 is 11.6 Å². The lowest BCUT2D eigenvalue weighted by atomic mass is 10.0. The summed E-state index contributed by atoms with van der Waals surface area (Å²) in [4.78, 5) is 28.5. The van der Waals surface area contributed by atoms with Gasteiger partial charge in [0.25, 0.3) is 0 Å². The lowest BCUT2D eigenvalue weighted by Gasteiger charge is -2.33. The summed E-state index contributed by atoms with van der Waals surface area (Å²) in [7, 11) is -2.39. The molecule has 0 saturated carbocycles. The average molecular weight is 572 g/mol. The second-order valence-electron chi connectivity index (χ2n) is 9.07. The van der Waals surface area contributed by atoms with Crippen LogP contribution < -0.4 is 19.1 Å². The normalized spacial score (nSPS) is 13.3. The zero-order valence-corrected chi connectivity index (χ0v) is 23.2. The maximum absolute atomic E-state index is 14.0. The summed E-state index contributed by atoms with van der Waals surface area (Å²) in [6.45, 7) is 0.237. The third-order valence-electron chi connectivity index (χ3n) is 6.25. The van der Waals surface area contributed by atoms with E-state index in [1.54, 1.807) is 36.4 Å². The number of likely N-dealkylation sites (N-methyl/N-ethyl adjacent to an activating group) is 1. The van der Waals surface area contributed by atoms with Crippen LogP contribution in [0.15, 0.2) is 72.8 Å². The molecule has 1 atom stereocenters. The third-order valence-corrected chi connectivity index (χ3v) is 7.63. The lowest BCUT2D eigenvalue weighted by Crippen LogP contribution is -2.52. The van der Waals surface area contributed by atoms with Crippen molar-refractivity contribution in [1.82, 2.24) is 10.2 Å². The SMILES string of the molecule is CNC(=O)[C@@H](Cc1ccccc1)N(Cc1cccc(Cl)c1)C(=O)CN(c1ccc2c(c1)OCCO2)S(C)(=O)=O. The second-order valence-corrected chi connectivity index (χ2v) is 11.4. The van der Waals surface area contributed by atoms with E-state index in [4.69, 9.17) is 21.1 Å². The number of halogens is 1. The van der Waals surface area contributed by atoms with Gasteiger partial charge in [0.05, 0.1) is 11.9 Å². The molecule has 3 aromatic rings. The van der Waals surface area contributed by atoms with Crippen molar-refractivity contribution >= 4 is 39.1 Å². The molecule has 3 aromatic carbocycles. The first kappa shape index (κ1) is 28.3. The van der Waals surface area contributed by atoms with Gasteiger partial charge in [-0.2, -0.15) is 0 Å². The van der Waals surface area contributed by atoms with Gasteiger partial charge in [-0.15, -0.1) is 0 Å². The molecule has 206 valence electrons. The average Bonchev–Trinajstić information content (AvgIpc) is 2.92. The van der Waals surface area contributed by atoms with Gasteiger partial charge in [-0.3, -0.25) is 13.9 Å². The van der Waals surface area contributed by atoms with E-state index in [0.717, 1.165) is 16.1 Å². The number of nitrogens with one attached hydrogen (secondary N) is 1. The Bertz CT molecular complexity index is 1430. The Labute approximate surface area is 233 Å². The molecule has 1 heterocycles. The second kappa shape index (κ2) is 12.4. The van der Waals surface area contributed by atoms with Gasteiger partial charge in [0.1, 0.15) is 25.8 Å². The summed E-state index contributed by atoms with van der Waals surface area (Å²) in [5.41, 5.74) is 1.79. The third kappa shape index (κ3) is 7.21. The minimum atomic E-state index is -3.90. The highest BCUT2D eigenvalue weighted by molar-refractivity contribution is 7.92. The van der Waals surface area contributed by atoms with Gasteiger partial charge in [-0.05, 0) is 35.4 Å². The highest BCUT2D eigenvalue weighted by Gasteiger charge is 2.33. The quantitative estimate of drug-likeness (QED) is 0.400. The Morgan fingerprint density at radius 3 is 2.31 bits per heavy atom. The molecule has 9 nitrogen and oxygen atoms in total. The molecule has 2 amide bonds. The van der Waals surface area contributed by atoms with E-state index in [1.165, 1.54) is 18.0 Å². The molecule has 0 radical (unpaired) electrons. The van der Waals surface area contributed by atoms with E-state index >= 15 is 0 Å². The standard InChI is InChI=1S/C28H30ClN3O6S/c1-30-28(34)24(16-20-7-4-3-5-8-20)31(18-21-9-6-10-22(29)15-21)27(33)19-32(39(2,35)36)23-11-12-25-26(17-23)38-14-13-37-25/h3-12,15,17,24H,13-14,16,18-19H2,1-2H3,(H,30,34)/t24-/m1/s1. The van der Waals surface area contributed by atoms with Gasteiger partial charge >= 0.3 is 0 Å². The largest absolute Gasteiger partial charge is 0.486 e. The minimum absolute atomic E-state index is 0.0447. The first-order chi connectivity index (χ1) is 18.7. The predicted octanol–water partition coefficient (Wildman–Crippen LogP) is 3.26. The number of nitrogens with zero attached hydrogens (tertiary/aromatic N) is 2. The van der Waals surface area contributed by atoms with Crippen LogP contribution in [0.4, 0.5) is 5.69 Å². The van der Waals surface area contributed by atoms with E-state index in [9.17, 15) is 18.0 Å². The van der Waals surface area contributed by atoms with E-state index in [0.29, 0.717) is 35.3 Å². The van der Waals surface area contributed by atoms with Gasteiger partial charge in [0.15, 0.2) is 11.5 Å². The molecular weight excluding hydrogens is 542 g/mol. The zero-order chi connectivity index (χ0) is 28.0. The first-order valence-electron chi connectivity index (χ1n) is 12.3. The van der Waals surface area contributed by atoms with Crippen LogP contribution in [0.1, 0.15) is 11.1 Å². The molecule has 1 aliphatic heterocycles. The van der Waals surface area contributed by atoms with Crippen LogP contribution in [0.2, 0.25) is 5.02 Å². The van der Waals surface area contributed by atoms with Crippen molar-refractivity contribution < 1.29 is 27.5 Å². The number of carbonyl (C=O) groups excluding carboxylic acids is 2. The number of fused-ring (bicyclic) bond motifs is 1. The fraction of sp³-hybridized carbons (Fsp3) is 0.286. The molecule has 0 fully saturated rings. The van der Waals surface area contributed by atoms with Gasteiger partial charge in [0, 0.05) is 31.1 Å². The number of hydrogen-bond acceptors (Lipinski definition) is 6. The Kier molecular flexibility index (Phi) is 8.98. The predicted molar refractivity (Wildman–Crippen MR) is 150 cm³/mol. The van der Waals surface area contributed by atoms with Gasteiger partial charge < -0.3 is 19.7 Å². The molecule has 0 unspecified atom stereocenters. The number of sulfonamides is 1. The number of benzene rings is 3. The summed E-state index contributed by atoms with van der Waals surface area (Å²) in [6, 6.07) is 20.1. The molecule has 0 aromatic heterocycles. The van der Waals surface area contributed by atoms with Gasteiger partial charge in [0.2, 0.25) is 21.8 Å². The van der Waals surface area contributed by atoms with Crippen LogP contribution in [0.5, 0.6) is 11.5 Å². The van der Waals surface area contributed by atoms with Crippen LogP contribution in [0.3, 0.4) is 0 Å². The molecule has 0 aliphatic carbocycles. The van der Waals surface area contributed by atoms with Crippen molar-refractivity contribution in [3.63, 3.8) is 0 Å². The fourth-order valence-electron chi connectivity index (χ4n) is 4.35. The molecule has 1 aliphatic rings.